The normalized spacial score (nSPS) is 27.2. The van der Waals surface area contributed by atoms with Crippen molar-refractivity contribution in [3.05, 3.63) is 16.4 Å². The summed E-state index contributed by atoms with van der Waals surface area (Å²) in [6.45, 7) is 2.98. The Hall–Kier alpha value is -1.77. The van der Waals surface area contributed by atoms with Gasteiger partial charge in [0.1, 0.15) is 5.82 Å². The van der Waals surface area contributed by atoms with Gasteiger partial charge in [-0.25, -0.2) is 0 Å². The van der Waals surface area contributed by atoms with Gasteiger partial charge >= 0.3 is 6.18 Å². The average molecular weight is 372 g/mol. The lowest BCUT2D eigenvalue weighted by Gasteiger charge is -2.40. The zero-order chi connectivity index (χ0) is 18.5. The van der Waals surface area contributed by atoms with E-state index in [0.717, 1.165) is 12.8 Å². The van der Waals surface area contributed by atoms with Gasteiger partial charge in [0.2, 0.25) is 5.95 Å². The van der Waals surface area contributed by atoms with Crippen LogP contribution in [0.5, 0.6) is 0 Å². The monoisotopic (exact) mass is 372 g/mol. The molecule has 1 aromatic heterocycles. The molecule has 3 heterocycles. The Balaban J connectivity index is 1.80. The molecule has 1 aromatic rings. The van der Waals surface area contributed by atoms with Crippen LogP contribution in [0.2, 0.25) is 0 Å². The summed E-state index contributed by atoms with van der Waals surface area (Å²) in [4.78, 5) is 20.4. The predicted octanol–water partition coefficient (Wildman–Crippen LogP) is 2.16. The minimum Gasteiger partial charge on any atom is -0.378 e. The van der Waals surface area contributed by atoms with Crippen LogP contribution in [0.25, 0.3) is 0 Å². The fourth-order valence-corrected chi connectivity index (χ4v) is 4.33. The van der Waals surface area contributed by atoms with Crippen molar-refractivity contribution in [3.63, 3.8) is 0 Å². The highest BCUT2D eigenvalue weighted by Gasteiger charge is 2.61. The Bertz CT molecular complexity index is 739. The molecule has 0 bridgehead atoms. The number of alkyl halides is 3. The van der Waals surface area contributed by atoms with Gasteiger partial charge < -0.3 is 14.5 Å². The lowest BCUT2D eigenvalue weighted by Crippen LogP contribution is -2.58. The topological polar surface area (TPSA) is 50.6 Å². The second-order valence-electron chi connectivity index (χ2n) is 7.52. The molecule has 3 aliphatic rings. The summed E-state index contributed by atoms with van der Waals surface area (Å²) in [5, 5.41) is 0. The smallest absolute Gasteiger partial charge is 0.378 e. The highest BCUT2D eigenvalue weighted by molar-refractivity contribution is 5.51. The molecule has 1 saturated carbocycles. The molecule has 1 unspecified atom stereocenters. The van der Waals surface area contributed by atoms with Gasteiger partial charge in [0.15, 0.2) is 5.54 Å². The first-order valence-electron chi connectivity index (χ1n) is 9.12. The average Bonchev–Trinajstić information content (AvgIpc) is 3.21. The third-order valence-electron chi connectivity index (χ3n) is 5.82. The number of hydrogen-bond donors (Lipinski definition) is 0. The maximum Gasteiger partial charge on any atom is 0.413 e. The van der Waals surface area contributed by atoms with Crippen molar-refractivity contribution in [3.8, 4) is 0 Å². The third kappa shape index (κ3) is 2.67. The zero-order valence-corrected chi connectivity index (χ0v) is 14.8. The molecule has 0 amide bonds. The minimum atomic E-state index is -4.45. The van der Waals surface area contributed by atoms with Crippen LogP contribution in [-0.4, -0.2) is 53.6 Å². The maximum atomic E-state index is 14.0. The first-order valence-corrected chi connectivity index (χ1v) is 9.12. The summed E-state index contributed by atoms with van der Waals surface area (Å²) in [5.74, 6) is 0.602. The standard InChI is InChI=1S/C17H23F3N4O2/c1-16(17(18,19)20)11-23-14(25)10-13(22-6-8-26-9-7-22)21-15(23)24(16)12-4-2-3-5-12/h10,12H,2-9,11H2,1H3. The fraction of sp³-hybridized carbons (Fsp3) is 0.765. The van der Waals surface area contributed by atoms with Gasteiger partial charge in [0.25, 0.3) is 5.56 Å². The van der Waals surface area contributed by atoms with Crippen LogP contribution in [0.15, 0.2) is 10.9 Å². The number of nitrogens with zero attached hydrogens (tertiary/aromatic N) is 4. The Morgan fingerprint density at radius 2 is 1.88 bits per heavy atom. The van der Waals surface area contributed by atoms with E-state index in [9.17, 15) is 18.0 Å². The zero-order valence-electron chi connectivity index (χ0n) is 14.8. The number of halogens is 3. The largest absolute Gasteiger partial charge is 0.413 e. The van der Waals surface area contributed by atoms with E-state index >= 15 is 0 Å². The Labute approximate surface area is 149 Å². The van der Waals surface area contributed by atoms with E-state index in [-0.39, 0.29) is 12.0 Å². The van der Waals surface area contributed by atoms with Gasteiger partial charge in [-0.2, -0.15) is 18.2 Å². The van der Waals surface area contributed by atoms with Crippen LogP contribution in [0, 0.1) is 0 Å². The summed E-state index contributed by atoms with van der Waals surface area (Å²) < 4.78 is 48.5. The van der Waals surface area contributed by atoms with Crippen molar-refractivity contribution < 1.29 is 17.9 Å². The van der Waals surface area contributed by atoms with E-state index in [2.05, 4.69) is 4.98 Å². The van der Waals surface area contributed by atoms with Crippen LogP contribution in [-0.2, 0) is 11.3 Å². The van der Waals surface area contributed by atoms with Gasteiger partial charge in [0, 0.05) is 25.2 Å². The van der Waals surface area contributed by atoms with Crippen LogP contribution >= 0.6 is 0 Å². The van der Waals surface area contributed by atoms with Gasteiger partial charge in [-0.1, -0.05) is 12.8 Å². The SMILES string of the molecule is CC1(C(F)(F)F)Cn2c(nc(N3CCOCC3)cc2=O)N1C1CCCC1. The highest BCUT2D eigenvalue weighted by Crippen LogP contribution is 2.46. The van der Waals surface area contributed by atoms with Gasteiger partial charge in [0.05, 0.1) is 19.8 Å². The Morgan fingerprint density at radius 3 is 2.50 bits per heavy atom. The van der Waals surface area contributed by atoms with Crippen molar-refractivity contribution in [2.45, 2.75) is 56.9 Å². The summed E-state index contributed by atoms with van der Waals surface area (Å²) in [5.41, 5.74) is -2.53. The number of morpholine rings is 1. The van der Waals surface area contributed by atoms with Gasteiger partial charge in [-0.05, 0) is 19.8 Å². The lowest BCUT2D eigenvalue weighted by molar-refractivity contribution is -0.183. The molecule has 144 valence electrons. The number of hydrogen-bond acceptors (Lipinski definition) is 5. The fourth-order valence-electron chi connectivity index (χ4n) is 4.33. The molecule has 0 N–H and O–H groups in total. The number of rotatable bonds is 2. The second-order valence-corrected chi connectivity index (χ2v) is 7.52. The number of anilines is 2. The van der Waals surface area contributed by atoms with E-state index in [4.69, 9.17) is 4.74 Å². The summed E-state index contributed by atoms with van der Waals surface area (Å²) >= 11 is 0. The van der Waals surface area contributed by atoms with Gasteiger partial charge in [-0.15, -0.1) is 0 Å². The van der Waals surface area contributed by atoms with Crippen molar-refractivity contribution >= 4 is 11.8 Å². The molecule has 1 saturated heterocycles. The molecule has 2 fully saturated rings. The van der Waals surface area contributed by atoms with E-state index in [1.54, 1.807) is 0 Å². The van der Waals surface area contributed by atoms with Crippen LogP contribution in [0.1, 0.15) is 32.6 Å². The summed E-state index contributed by atoms with van der Waals surface area (Å²) in [6, 6.07) is 1.12. The number of fused-ring (bicyclic) bond motifs is 1. The molecular formula is C17H23F3N4O2. The third-order valence-corrected chi connectivity index (χ3v) is 5.82. The van der Waals surface area contributed by atoms with Crippen molar-refractivity contribution in [1.29, 1.82) is 0 Å². The van der Waals surface area contributed by atoms with Crippen LogP contribution in [0.4, 0.5) is 24.9 Å². The molecule has 0 aromatic carbocycles. The van der Waals surface area contributed by atoms with Crippen LogP contribution < -0.4 is 15.4 Å². The van der Waals surface area contributed by atoms with Crippen molar-refractivity contribution in [2.24, 2.45) is 0 Å². The number of ether oxygens (including phenoxy) is 1. The molecule has 9 heteroatoms. The van der Waals surface area contributed by atoms with E-state index in [0.29, 0.717) is 45.0 Å². The molecule has 6 nitrogen and oxygen atoms in total. The first-order chi connectivity index (χ1) is 12.3. The quantitative estimate of drug-likeness (QED) is 0.796. The minimum absolute atomic E-state index is 0.158. The highest BCUT2D eigenvalue weighted by atomic mass is 19.4. The van der Waals surface area contributed by atoms with Gasteiger partial charge in [-0.3, -0.25) is 9.36 Å². The summed E-state index contributed by atoms with van der Waals surface area (Å²) in [7, 11) is 0. The number of aromatic nitrogens is 2. The molecule has 4 rings (SSSR count). The molecular weight excluding hydrogens is 349 g/mol. The van der Waals surface area contributed by atoms with Crippen LogP contribution in [0.3, 0.4) is 0 Å². The summed E-state index contributed by atoms with van der Waals surface area (Å²) in [6.07, 6.45) is -1.24. The molecule has 2 aliphatic heterocycles. The van der Waals surface area contributed by atoms with E-state index in [1.807, 2.05) is 4.90 Å². The molecule has 26 heavy (non-hydrogen) atoms. The molecule has 1 aliphatic carbocycles. The molecule has 0 spiro atoms. The van der Waals surface area contributed by atoms with Crippen molar-refractivity contribution in [2.75, 3.05) is 36.1 Å². The molecule has 0 radical (unpaired) electrons. The Kier molecular flexibility index (Phi) is 4.17. The predicted molar refractivity (Wildman–Crippen MR) is 90.7 cm³/mol. The molecule has 1 atom stereocenters. The second kappa shape index (κ2) is 6.14. The first kappa shape index (κ1) is 17.6. The maximum absolute atomic E-state index is 14.0. The Morgan fingerprint density at radius 1 is 1.23 bits per heavy atom. The van der Waals surface area contributed by atoms with Crippen molar-refractivity contribution in [1.82, 2.24) is 9.55 Å². The van der Waals surface area contributed by atoms with E-state index < -0.39 is 23.8 Å². The lowest BCUT2D eigenvalue weighted by atomic mass is 9.98. The van der Waals surface area contributed by atoms with E-state index in [1.165, 1.54) is 22.5 Å².